The van der Waals surface area contributed by atoms with Crippen LogP contribution >= 0.6 is 0 Å². The summed E-state index contributed by atoms with van der Waals surface area (Å²) in [4.78, 5) is 4.37. The number of hydrogen-bond acceptors (Lipinski definition) is 3. The van der Waals surface area contributed by atoms with Crippen molar-refractivity contribution in [1.82, 2.24) is 9.80 Å². The summed E-state index contributed by atoms with van der Waals surface area (Å²) < 4.78 is 26.1. The third-order valence-corrected chi connectivity index (χ3v) is 3.97. The number of rotatable bonds is 4. The first kappa shape index (κ1) is 15.4. The van der Waals surface area contributed by atoms with E-state index in [1.165, 1.54) is 6.07 Å². The van der Waals surface area contributed by atoms with Gasteiger partial charge in [-0.25, -0.2) is 8.78 Å². The Hall–Kier alpha value is -1.04. The van der Waals surface area contributed by atoms with E-state index in [1.807, 2.05) is 0 Å². The number of likely N-dealkylation sites (N-methyl/N-ethyl adjacent to an activating group) is 1. The van der Waals surface area contributed by atoms with Crippen molar-refractivity contribution < 1.29 is 13.9 Å². The van der Waals surface area contributed by atoms with E-state index < -0.39 is 17.7 Å². The first-order valence-corrected chi connectivity index (χ1v) is 6.99. The Morgan fingerprint density at radius 3 is 2.75 bits per heavy atom. The Kier molecular flexibility index (Phi) is 5.07. The van der Waals surface area contributed by atoms with Crippen molar-refractivity contribution in [3.63, 3.8) is 0 Å². The van der Waals surface area contributed by atoms with Crippen molar-refractivity contribution in [2.24, 2.45) is 0 Å². The summed E-state index contributed by atoms with van der Waals surface area (Å²) >= 11 is 0. The Labute approximate surface area is 118 Å². The van der Waals surface area contributed by atoms with Crippen LogP contribution in [0.2, 0.25) is 0 Å². The molecule has 3 nitrogen and oxygen atoms in total. The van der Waals surface area contributed by atoms with Crippen molar-refractivity contribution in [3.05, 3.63) is 35.4 Å². The Morgan fingerprint density at radius 1 is 1.35 bits per heavy atom. The molecule has 1 aromatic rings. The molecule has 1 aliphatic heterocycles. The predicted molar refractivity (Wildman–Crippen MR) is 74.5 cm³/mol. The van der Waals surface area contributed by atoms with E-state index in [2.05, 4.69) is 23.9 Å². The molecule has 1 fully saturated rings. The molecule has 0 bridgehead atoms. The van der Waals surface area contributed by atoms with Gasteiger partial charge in [0.2, 0.25) is 0 Å². The van der Waals surface area contributed by atoms with Crippen LogP contribution in [0.25, 0.3) is 0 Å². The van der Waals surface area contributed by atoms with Crippen LogP contribution in [0.5, 0.6) is 0 Å². The minimum Gasteiger partial charge on any atom is -0.387 e. The summed E-state index contributed by atoms with van der Waals surface area (Å²) in [7, 11) is 4.11. The molecular formula is C15H22F2N2O. The summed E-state index contributed by atoms with van der Waals surface area (Å²) in [6.07, 6.45) is 1.46. The number of benzene rings is 1. The lowest BCUT2D eigenvalue weighted by Crippen LogP contribution is -2.46. The van der Waals surface area contributed by atoms with Gasteiger partial charge in [0.05, 0.1) is 6.10 Å². The largest absolute Gasteiger partial charge is 0.387 e. The minimum absolute atomic E-state index is 0.427. The maximum Gasteiger partial charge on any atom is 0.159 e. The van der Waals surface area contributed by atoms with Crippen molar-refractivity contribution in [1.29, 1.82) is 0 Å². The summed E-state index contributed by atoms with van der Waals surface area (Å²) in [5.74, 6) is -1.79. The normalized spacial score (nSPS) is 22.2. The Bertz CT molecular complexity index is 453. The highest BCUT2D eigenvalue weighted by molar-refractivity contribution is 5.20. The lowest BCUT2D eigenvalue weighted by molar-refractivity contribution is 0.0720. The van der Waals surface area contributed by atoms with Crippen LogP contribution < -0.4 is 0 Å². The van der Waals surface area contributed by atoms with Gasteiger partial charge in [-0.1, -0.05) is 6.07 Å². The second-order valence-electron chi connectivity index (χ2n) is 5.71. The Morgan fingerprint density at radius 2 is 2.10 bits per heavy atom. The molecule has 2 rings (SSSR count). The molecule has 1 heterocycles. The summed E-state index contributed by atoms with van der Waals surface area (Å²) in [5.41, 5.74) is 0.427. The van der Waals surface area contributed by atoms with Crippen LogP contribution in [0.1, 0.15) is 24.5 Å². The smallest absolute Gasteiger partial charge is 0.159 e. The van der Waals surface area contributed by atoms with Gasteiger partial charge in [-0.05, 0) is 51.2 Å². The molecule has 0 spiro atoms. The number of hydrogen-bond donors (Lipinski definition) is 1. The van der Waals surface area contributed by atoms with Gasteiger partial charge in [0.15, 0.2) is 11.6 Å². The van der Waals surface area contributed by atoms with Crippen LogP contribution in [0.3, 0.4) is 0 Å². The molecule has 2 unspecified atom stereocenters. The summed E-state index contributed by atoms with van der Waals surface area (Å²) in [5, 5.41) is 10.2. The first-order chi connectivity index (χ1) is 9.47. The molecule has 1 aromatic carbocycles. The molecule has 1 aliphatic rings. The fourth-order valence-corrected chi connectivity index (χ4v) is 2.69. The zero-order valence-electron chi connectivity index (χ0n) is 12.0. The number of halogens is 2. The minimum atomic E-state index is -0.911. The SMILES string of the molecule is CN(C)C1CCCN(CC(O)c2ccc(F)c(F)c2)C1. The van der Waals surface area contributed by atoms with Crippen LogP contribution in [0.4, 0.5) is 8.78 Å². The van der Waals surface area contributed by atoms with Crippen molar-refractivity contribution >= 4 is 0 Å². The van der Waals surface area contributed by atoms with E-state index in [-0.39, 0.29) is 0 Å². The maximum atomic E-state index is 13.2. The van der Waals surface area contributed by atoms with Gasteiger partial charge in [0.1, 0.15) is 0 Å². The average Bonchev–Trinajstić information content (AvgIpc) is 2.42. The van der Waals surface area contributed by atoms with Gasteiger partial charge in [0.25, 0.3) is 0 Å². The van der Waals surface area contributed by atoms with E-state index in [0.717, 1.165) is 38.1 Å². The molecule has 20 heavy (non-hydrogen) atoms. The third-order valence-electron chi connectivity index (χ3n) is 3.97. The fourth-order valence-electron chi connectivity index (χ4n) is 2.69. The second kappa shape index (κ2) is 6.61. The lowest BCUT2D eigenvalue weighted by Gasteiger charge is -2.37. The van der Waals surface area contributed by atoms with E-state index in [4.69, 9.17) is 0 Å². The molecule has 1 saturated heterocycles. The number of aliphatic hydroxyl groups excluding tert-OH is 1. The fraction of sp³-hybridized carbons (Fsp3) is 0.600. The van der Waals surface area contributed by atoms with E-state index in [9.17, 15) is 13.9 Å². The molecule has 0 amide bonds. The van der Waals surface area contributed by atoms with Crippen molar-refractivity contribution in [2.45, 2.75) is 25.0 Å². The van der Waals surface area contributed by atoms with Gasteiger partial charge < -0.3 is 10.0 Å². The van der Waals surface area contributed by atoms with Crippen LogP contribution in [0, 0.1) is 11.6 Å². The summed E-state index contributed by atoms with van der Waals surface area (Å²) in [6, 6.07) is 4.07. The van der Waals surface area contributed by atoms with Gasteiger partial charge in [-0.15, -0.1) is 0 Å². The molecule has 0 radical (unpaired) electrons. The van der Waals surface area contributed by atoms with Crippen LogP contribution in [0.15, 0.2) is 18.2 Å². The number of likely N-dealkylation sites (tertiary alicyclic amines) is 1. The van der Waals surface area contributed by atoms with Gasteiger partial charge in [-0.3, -0.25) is 4.90 Å². The maximum absolute atomic E-state index is 13.2. The van der Waals surface area contributed by atoms with Crippen molar-refractivity contribution in [2.75, 3.05) is 33.7 Å². The molecular weight excluding hydrogens is 262 g/mol. The van der Waals surface area contributed by atoms with Gasteiger partial charge in [0, 0.05) is 19.1 Å². The lowest BCUT2D eigenvalue weighted by atomic mass is 10.0. The zero-order chi connectivity index (χ0) is 14.7. The van der Waals surface area contributed by atoms with Crippen LogP contribution in [-0.2, 0) is 0 Å². The molecule has 112 valence electrons. The average molecular weight is 284 g/mol. The van der Waals surface area contributed by atoms with E-state index >= 15 is 0 Å². The Balaban J connectivity index is 1.96. The number of nitrogens with zero attached hydrogens (tertiary/aromatic N) is 2. The highest BCUT2D eigenvalue weighted by Crippen LogP contribution is 2.20. The molecule has 0 saturated carbocycles. The predicted octanol–water partition coefficient (Wildman–Crippen LogP) is 2.02. The van der Waals surface area contributed by atoms with Crippen LogP contribution in [-0.4, -0.2) is 54.7 Å². The molecule has 2 atom stereocenters. The zero-order valence-corrected chi connectivity index (χ0v) is 12.0. The molecule has 0 aromatic heterocycles. The van der Waals surface area contributed by atoms with Crippen molar-refractivity contribution in [3.8, 4) is 0 Å². The molecule has 0 aliphatic carbocycles. The summed E-state index contributed by atoms with van der Waals surface area (Å²) in [6.45, 7) is 2.29. The first-order valence-electron chi connectivity index (χ1n) is 6.99. The second-order valence-corrected chi connectivity index (χ2v) is 5.71. The highest BCUT2D eigenvalue weighted by atomic mass is 19.2. The highest BCUT2D eigenvalue weighted by Gasteiger charge is 2.23. The number of piperidine rings is 1. The van der Waals surface area contributed by atoms with E-state index in [1.54, 1.807) is 0 Å². The monoisotopic (exact) mass is 284 g/mol. The van der Waals surface area contributed by atoms with E-state index in [0.29, 0.717) is 18.2 Å². The number of aliphatic hydroxyl groups is 1. The van der Waals surface area contributed by atoms with Gasteiger partial charge >= 0.3 is 0 Å². The standard InChI is InChI=1S/C15H22F2N2O/c1-18(2)12-4-3-7-19(9-12)10-15(20)11-5-6-13(16)14(17)8-11/h5-6,8,12,15,20H,3-4,7,9-10H2,1-2H3. The molecule has 5 heteroatoms. The molecule has 1 N–H and O–H groups in total. The topological polar surface area (TPSA) is 26.7 Å². The number of β-amino-alcohol motifs (C(OH)–C–C–N with tert-alkyl or cyclic N) is 1. The third kappa shape index (κ3) is 3.75. The quantitative estimate of drug-likeness (QED) is 0.916. The van der Waals surface area contributed by atoms with Gasteiger partial charge in [-0.2, -0.15) is 0 Å².